The Morgan fingerprint density at radius 2 is 2.29 bits per heavy atom. The number of nitrogens with one attached hydrogen (secondary N) is 1. The Kier molecular flexibility index (Phi) is 5.64. The van der Waals surface area contributed by atoms with Gasteiger partial charge in [0.05, 0.1) is 11.5 Å². The highest BCUT2D eigenvalue weighted by Gasteiger charge is 2.10. The summed E-state index contributed by atoms with van der Waals surface area (Å²) in [7, 11) is 0. The van der Waals surface area contributed by atoms with Crippen molar-refractivity contribution in [1.29, 1.82) is 0 Å². The van der Waals surface area contributed by atoms with Crippen LogP contribution in [0, 0.1) is 0 Å². The summed E-state index contributed by atoms with van der Waals surface area (Å²) >= 11 is 7.36. The van der Waals surface area contributed by atoms with Gasteiger partial charge in [-0.05, 0) is 26.0 Å². The zero-order chi connectivity index (χ0) is 15.2. The predicted octanol–water partition coefficient (Wildman–Crippen LogP) is 3.15. The van der Waals surface area contributed by atoms with Crippen molar-refractivity contribution in [3.63, 3.8) is 0 Å². The fourth-order valence-electron chi connectivity index (χ4n) is 1.65. The molecule has 2 aromatic rings. The lowest BCUT2D eigenvalue weighted by Gasteiger charge is -2.06. The number of hydrogen-bond donors (Lipinski definition) is 1. The fourth-order valence-corrected chi connectivity index (χ4v) is 2.51. The summed E-state index contributed by atoms with van der Waals surface area (Å²) in [6.45, 7) is 3.86. The molecule has 0 saturated carbocycles. The molecule has 112 valence electrons. The molecule has 1 heterocycles. The molecule has 0 aliphatic carbocycles. The molecule has 5 nitrogen and oxygen atoms in total. The van der Waals surface area contributed by atoms with Gasteiger partial charge in [0.2, 0.25) is 17.6 Å². The molecule has 0 fully saturated rings. The second kappa shape index (κ2) is 7.47. The minimum atomic E-state index is 0.00424. The van der Waals surface area contributed by atoms with Crippen molar-refractivity contribution in [3.05, 3.63) is 35.2 Å². The van der Waals surface area contributed by atoms with Crippen molar-refractivity contribution in [3.8, 4) is 11.4 Å². The van der Waals surface area contributed by atoms with Crippen LogP contribution < -0.4 is 5.32 Å². The maximum absolute atomic E-state index is 11.5. The first-order valence-corrected chi connectivity index (χ1v) is 8.03. The van der Waals surface area contributed by atoms with Crippen LogP contribution in [0.2, 0.25) is 5.02 Å². The van der Waals surface area contributed by atoms with Crippen molar-refractivity contribution in [2.45, 2.75) is 25.6 Å². The molecule has 21 heavy (non-hydrogen) atoms. The number of carbonyl (C=O) groups excluding carboxylic acids is 1. The summed E-state index contributed by atoms with van der Waals surface area (Å²) in [6.07, 6.45) is 0. The van der Waals surface area contributed by atoms with E-state index in [0.29, 0.717) is 28.2 Å². The summed E-state index contributed by atoms with van der Waals surface area (Å²) in [5.74, 6) is 1.86. The number of benzene rings is 1. The zero-order valence-electron chi connectivity index (χ0n) is 11.8. The average Bonchev–Trinajstić information content (AvgIpc) is 2.86. The molecule has 0 bridgehead atoms. The van der Waals surface area contributed by atoms with Crippen LogP contribution in [0.1, 0.15) is 19.7 Å². The van der Waals surface area contributed by atoms with Crippen LogP contribution in [0.25, 0.3) is 11.4 Å². The minimum Gasteiger partial charge on any atom is -0.353 e. The van der Waals surface area contributed by atoms with E-state index in [-0.39, 0.29) is 11.9 Å². The molecular formula is C14H16ClN3O2S. The topological polar surface area (TPSA) is 68.0 Å². The van der Waals surface area contributed by atoms with E-state index in [2.05, 4.69) is 15.5 Å². The standard InChI is InChI=1S/C14H16ClN3O2S/c1-9(2)16-12(19)7-21-8-13-17-14(18-20-13)10-4-3-5-11(15)6-10/h3-6,9H,7-8H2,1-2H3,(H,16,19). The molecule has 0 aliphatic heterocycles. The first kappa shape index (κ1) is 15.9. The highest BCUT2D eigenvalue weighted by molar-refractivity contribution is 7.99. The number of thioether (sulfide) groups is 1. The maximum atomic E-state index is 11.5. The quantitative estimate of drug-likeness (QED) is 0.883. The summed E-state index contributed by atoms with van der Waals surface area (Å²) in [5.41, 5.74) is 0.806. The summed E-state index contributed by atoms with van der Waals surface area (Å²) in [4.78, 5) is 15.8. The molecule has 0 aliphatic rings. The van der Waals surface area contributed by atoms with Crippen molar-refractivity contribution in [2.75, 3.05) is 5.75 Å². The van der Waals surface area contributed by atoms with E-state index in [4.69, 9.17) is 16.1 Å². The molecule has 0 spiro atoms. The van der Waals surface area contributed by atoms with Crippen molar-refractivity contribution in [2.24, 2.45) is 0 Å². The van der Waals surface area contributed by atoms with E-state index >= 15 is 0 Å². The van der Waals surface area contributed by atoms with Gasteiger partial charge in [-0.2, -0.15) is 4.98 Å². The Morgan fingerprint density at radius 3 is 3.00 bits per heavy atom. The molecule has 0 radical (unpaired) electrons. The third-order valence-electron chi connectivity index (χ3n) is 2.46. The second-order valence-corrected chi connectivity index (χ2v) is 6.16. The third-order valence-corrected chi connectivity index (χ3v) is 3.61. The van der Waals surface area contributed by atoms with Crippen LogP contribution in [0.15, 0.2) is 28.8 Å². The molecule has 0 saturated heterocycles. The Hall–Kier alpha value is -1.53. The Balaban J connectivity index is 1.88. The molecule has 7 heteroatoms. The lowest BCUT2D eigenvalue weighted by Crippen LogP contribution is -2.31. The van der Waals surface area contributed by atoms with Crippen LogP contribution in [-0.2, 0) is 10.5 Å². The second-order valence-electron chi connectivity index (χ2n) is 4.74. The summed E-state index contributed by atoms with van der Waals surface area (Å²) in [6, 6.07) is 7.41. The maximum Gasteiger partial charge on any atom is 0.236 e. The summed E-state index contributed by atoms with van der Waals surface area (Å²) < 4.78 is 5.17. The monoisotopic (exact) mass is 325 g/mol. The number of carbonyl (C=O) groups is 1. The fraction of sp³-hybridized carbons (Fsp3) is 0.357. The van der Waals surface area contributed by atoms with Crippen LogP contribution in [-0.4, -0.2) is 27.8 Å². The van der Waals surface area contributed by atoms with E-state index in [1.807, 2.05) is 26.0 Å². The van der Waals surface area contributed by atoms with Crippen LogP contribution >= 0.6 is 23.4 Å². The van der Waals surface area contributed by atoms with E-state index in [0.717, 1.165) is 5.56 Å². The Labute approximate surface area is 132 Å². The van der Waals surface area contributed by atoms with Gasteiger partial charge in [-0.3, -0.25) is 4.79 Å². The van der Waals surface area contributed by atoms with Gasteiger partial charge in [-0.1, -0.05) is 28.9 Å². The number of amides is 1. The van der Waals surface area contributed by atoms with Crippen LogP contribution in [0.3, 0.4) is 0 Å². The Morgan fingerprint density at radius 1 is 1.48 bits per heavy atom. The van der Waals surface area contributed by atoms with Crippen molar-refractivity contribution >= 4 is 29.3 Å². The van der Waals surface area contributed by atoms with Gasteiger partial charge >= 0.3 is 0 Å². The van der Waals surface area contributed by atoms with Gasteiger partial charge < -0.3 is 9.84 Å². The number of hydrogen-bond acceptors (Lipinski definition) is 5. The third kappa shape index (κ3) is 5.06. The normalized spacial score (nSPS) is 10.9. The van der Waals surface area contributed by atoms with Gasteiger partial charge in [-0.25, -0.2) is 0 Å². The largest absolute Gasteiger partial charge is 0.353 e. The van der Waals surface area contributed by atoms with E-state index in [9.17, 15) is 4.79 Å². The molecule has 1 amide bonds. The lowest BCUT2D eigenvalue weighted by atomic mass is 10.2. The van der Waals surface area contributed by atoms with Gasteiger partial charge in [-0.15, -0.1) is 11.8 Å². The number of aromatic nitrogens is 2. The number of rotatable bonds is 6. The zero-order valence-corrected chi connectivity index (χ0v) is 13.4. The molecule has 1 aromatic carbocycles. The lowest BCUT2D eigenvalue weighted by molar-refractivity contribution is -0.119. The first-order chi connectivity index (χ1) is 10.0. The molecule has 2 rings (SSSR count). The first-order valence-electron chi connectivity index (χ1n) is 6.50. The van der Waals surface area contributed by atoms with E-state index < -0.39 is 0 Å². The average molecular weight is 326 g/mol. The predicted molar refractivity (Wildman–Crippen MR) is 84.2 cm³/mol. The smallest absolute Gasteiger partial charge is 0.236 e. The van der Waals surface area contributed by atoms with Gasteiger partial charge in [0.25, 0.3) is 0 Å². The van der Waals surface area contributed by atoms with Gasteiger partial charge in [0, 0.05) is 16.6 Å². The molecular weight excluding hydrogens is 310 g/mol. The highest BCUT2D eigenvalue weighted by atomic mass is 35.5. The van der Waals surface area contributed by atoms with Crippen LogP contribution in [0.5, 0.6) is 0 Å². The SMILES string of the molecule is CC(C)NC(=O)CSCc1nc(-c2cccc(Cl)c2)no1. The summed E-state index contributed by atoms with van der Waals surface area (Å²) in [5, 5.41) is 7.36. The molecule has 0 unspecified atom stereocenters. The minimum absolute atomic E-state index is 0.00424. The molecule has 0 atom stereocenters. The van der Waals surface area contributed by atoms with E-state index in [1.165, 1.54) is 11.8 Å². The van der Waals surface area contributed by atoms with E-state index in [1.54, 1.807) is 12.1 Å². The van der Waals surface area contributed by atoms with Gasteiger partial charge in [0.1, 0.15) is 0 Å². The molecule has 1 aromatic heterocycles. The number of halogens is 1. The molecule has 1 N–H and O–H groups in total. The van der Waals surface area contributed by atoms with Crippen molar-refractivity contribution in [1.82, 2.24) is 15.5 Å². The number of nitrogens with zero attached hydrogens (tertiary/aromatic N) is 2. The van der Waals surface area contributed by atoms with Crippen LogP contribution in [0.4, 0.5) is 0 Å². The van der Waals surface area contributed by atoms with Gasteiger partial charge in [0.15, 0.2) is 0 Å². The Bertz CT molecular complexity index is 616. The van der Waals surface area contributed by atoms with Crippen molar-refractivity contribution < 1.29 is 9.32 Å². The highest BCUT2D eigenvalue weighted by Crippen LogP contribution is 2.21.